The maximum absolute atomic E-state index is 11.5. The molecule has 0 aromatic heterocycles. The Balaban J connectivity index is 1.35. The second-order valence-electron chi connectivity index (χ2n) is 6.89. The lowest BCUT2D eigenvalue weighted by atomic mass is 10.1. The minimum absolute atomic E-state index is 0.0829. The van der Waals surface area contributed by atoms with Crippen LogP contribution in [0.15, 0.2) is 0 Å². The van der Waals surface area contributed by atoms with Gasteiger partial charge in [0.2, 0.25) is 23.6 Å². The van der Waals surface area contributed by atoms with Crippen molar-refractivity contribution in [3.63, 3.8) is 0 Å². The summed E-state index contributed by atoms with van der Waals surface area (Å²) in [7, 11) is 0. The van der Waals surface area contributed by atoms with Crippen LogP contribution in [0.5, 0.6) is 0 Å². The lowest BCUT2D eigenvalue weighted by Crippen LogP contribution is -2.42. The van der Waals surface area contributed by atoms with Gasteiger partial charge in [-0.3, -0.25) is 40.9 Å². The standard InChI is InChI=1S/C17H28N4O4/c22-14(18-20-16(24)12-8-9-12)6-4-2-1-3-5-7-15(23)19-21-17(25)13-10-11-13/h12-13H,1-11H2,(H,18,22)(H,19,23)(H,20,24)(H,21,25). The Morgan fingerprint density at radius 2 is 0.920 bits per heavy atom. The molecule has 0 aromatic rings. The van der Waals surface area contributed by atoms with Gasteiger partial charge in [0, 0.05) is 24.7 Å². The summed E-state index contributed by atoms with van der Waals surface area (Å²) >= 11 is 0. The van der Waals surface area contributed by atoms with Crippen LogP contribution < -0.4 is 21.7 Å². The quantitative estimate of drug-likeness (QED) is 0.344. The number of hydrazine groups is 2. The molecule has 0 radical (unpaired) electrons. The van der Waals surface area contributed by atoms with Gasteiger partial charge in [-0.05, 0) is 38.5 Å². The molecule has 0 bridgehead atoms. The SMILES string of the molecule is O=C(CCCCCCCC(=O)NNC(=O)C1CC1)NNC(=O)C1CC1. The maximum Gasteiger partial charge on any atom is 0.241 e. The zero-order chi connectivity index (χ0) is 18.1. The minimum Gasteiger partial charge on any atom is -0.273 e. The van der Waals surface area contributed by atoms with Gasteiger partial charge in [-0.1, -0.05) is 19.3 Å². The number of nitrogens with one attached hydrogen (secondary N) is 4. The van der Waals surface area contributed by atoms with E-state index < -0.39 is 0 Å². The van der Waals surface area contributed by atoms with Gasteiger partial charge in [0.05, 0.1) is 0 Å². The van der Waals surface area contributed by atoms with E-state index in [4.69, 9.17) is 0 Å². The third kappa shape index (κ3) is 8.51. The molecule has 0 spiro atoms. The Hall–Kier alpha value is -2.12. The predicted octanol–water partition coefficient (Wildman–Crippen LogP) is 0.832. The monoisotopic (exact) mass is 352 g/mol. The van der Waals surface area contributed by atoms with Gasteiger partial charge in [-0.15, -0.1) is 0 Å². The van der Waals surface area contributed by atoms with E-state index >= 15 is 0 Å². The summed E-state index contributed by atoms with van der Waals surface area (Å²) in [5, 5.41) is 0. The molecule has 4 amide bonds. The highest BCUT2D eigenvalue weighted by molar-refractivity contribution is 5.85. The number of rotatable bonds is 10. The van der Waals surface area contributed by atoms with E-state index in [0.29, 0.717) is 12.8 Å². The van der Waals surface area contributed by atoms with E-state index in [1.807, 2.05) is 0 Å². The molecule has 8 nitrogen and oxygen atoms in total. The molecule has 2 saturated carbocycles. The van der Waals surface area contributed by atoms with Crippen LogP contribution in [0.4, 0.5) is 0 Å². The zero-order valence-electron chi connectivity index (χ0n) is 14.6. The molecule has 2 rings (SSSR count). The van der Waals surface area contributed by atoms with Crippen LogP contribution in [0.1, 0.15) is 70.6 Å². The van der Waals surface area contributed by atoms with Crippen LogP contribution in [-0.4, -0.2) is 23.6 Å². The molecule has 2 aliphatic rings. The fourth-order valence-electron chi connectivity index (χ4n) is 2.38. The molecule has 2 fully saturated rings. The molecular formula is C17H28N4O4. The van der Waals surface area contributed by atoms with Crippen molar-refractivity contribution in [3.8, 4) is 0 Å². The van der Waals surface area contributed by atoms with Crippen molar-refractivity contribution in [1.29, 1.82) is 0 Å². The summed E-state index contributed by atoms with van der Waals surface area (Å²) in [6.07, 6.45) is 8.69. The largest absolute Gasteiger partial charge is 0.273 e. The summed E-state index contributed by atoms with van der Waals surface area (Å²) in [5.41, 5.74) is 9.73. The van der Waals surface area contributed by atoms with Gasteiger partial charge >= 0.3 is 0 Å². The molecule has 0 unspecified atom stereocenters. The fraction of sp³-hybridized carbons (Fsp3) is 0.765. The van der Waals surface area contributed by atoms with E-state index in [1.54, 1.807) is 0 Å². The third-order valence-corrected chi connectivity index (χ3v) is 4.35. The van der Waals surface area contributed by atoms with Crippen molar-refractivity contribution < 1.29 is 19.2 Å². The highest BCUT2D eigenvalue weighted by Crippen LogP contribution is 2.28. The fourth-order valence-corrected chi connectivity index (χ4v) is 2.38. The Morgan fingerprint density at radius 3 is 1.28 bits per heavy atom. The van der Waals surface area contributed by atoms with Crippen LogP contribution in [0.2, 0.25) is 0 Å². The molecule has 2 aliphatic carbocycles. The molecule has 4 N–H and O–H groups in total. The number of hydrogen-bond donors (Lipinski definition) is 4. The topological polar surface area (TPSA) is 116 Å². The summed E-state index contributed by atoms with van der Waals surface area (Å²) in [6, 6.07) is 0. The minimum atomic E-state index is -0.167. The van der Waals surface area contributed by atoms with Crippen LogP contribution in [0, 0.1) is 11.8 Å². The number of hydrogen-bond acceptors (Lipinski definition) is 4. The number of unbranched alkanes of at least 4 members (excludes halogenated alkanes) is 4. The average molecular weight is 352 g/mol. The van der Waals surface area contributed by atoms with Crippen molar-refractivity contribution in [2.45, 2.75) is 70.6 Å². The Bertz CT molecular complexity index is 457. The Kier molecular flexibility index (Phi) is 7.69. The van der Waals surface area contributed by atoms with Gasteiger partial charge in [-0.25, -0.2) is 0 Å². The normalized spacial score (nSPS) is 16.0. The predicted molar refractivity (Wildman–Crippen MR) is 90.3 cm³/mol. The van der Waals surface area contributed by atoms with Gasteiger partial charge in [0.1, 0.15) is 0 Å². The second-order valence-corrected chi connectivity index (χ2v) is 6.89. The molecule has 0 aliphatic heterocycles. The number of carbonyl (C=O) groups is 4. The molecule has 0 atom stereocenters. The van der Waals surface area contributed by atoms with Crippen molar-refractivity contribution in [2.75, 3.05) is 0 Å². The van der Waals surface area contributed by atoms with Gasteiger partial charge < -0.3 is 0 Å². The lowest BCUT2D eigenvalue weighted by molar-refractivity contribution is -0.129. The van der Waals surface area contributed by atoms with Crippen LogP contribution in [-0.2, 0) is 19.2 Å². The van der Waals surface area contributed by atoms with Gasteiger partial charge in [0.25, 0.3) is 0 Å². The maximum atomic E-state index is 11.5. The van der Waals surface area contributed by atoms with E-state index in [1.165, 1.54) is 0 Å². The van der Waals surface area contributed by atoms with Gasteiger partial charge in [-0.2, -0.15) is 0 Å². The van der Waals surface area contributed by atoms with E-state index in [2.05, 4.69) is 21.7 Å². The highest BCUT2D eigenvalue weighted by Gasteiger charge is 2.30. The first-order valence-electron chi connectivity index (χ1n) is 9.23. The second kappa shape index (κ2) is 10.0. The van der Waals surface area contributed by atoms with Crippen molar-refractivity contribution in [1.82, 2.24) is 21.7 Å². The molecule has 0 heterocycles. The molecule has 0 saturated heterocycles. The van der Waals surface area contributed by atoms with E-state index in [9.17, 15) is 19.2 Å². The lowest BCUT2D eigenvalue weighted by Gasteiger charge is -2.07. The molecule has 140 valence electrons. The first-order valence-corrected chi connectivity index (χ1v) is 9.23. The highest BCUT2D eigenvalue weighted by atomic mass is 16.2. The van der Waals surface area contributed by atoms with E-state index in [0.717, 1.165) is 57.8 Å². The summed E-state index contributed by atoms with van der Waals surface area (Å²) in [4.78, 5) is 45.8. The summed E-state index contributed by atoms with van der Waals surface area (Å²) < 4.78 is 0. The third-order valence-electron chi connectivity index (χ3n) is 4.35. The first kappa shape index (κ1) is 19.2. The van der Waals surface area contributed by atoms with Crippen molar-refractivity contribution in [2.24, 2.45) is 11.8 Å². The van der Waals surface area contributed by atoms with Crippen molar-refractivity contribution >= 4 is 23.6 Å². The van der Waals surface area contributed by atoms with Crippen LogP contribution in [0.3, 0.4) is 0 Å². The van der Waals surface area contributed by atoms with Crippen LogP contribution >= 0.6 is 0 Å². The Morgan fingerprint density at radius 1 is 0.560 bits per heavy atom. The van der Waals surface area contributed by atoms with E-state index in [-0.39, 0.29) is 35.5 Å². The Labute approximate surface area is 147 Å². The summed E-state index contributed by atoms with van der Waals surface area (Å²) in [5.74, 6) is -0.362. The van der Waals surface area contributed by atoms with Gasteiger partial charge in [0.15, 0.2) is 0 Å². The first-order chi connectivity index (χ1) is 12.1. The zero-order valence-corrected chi connectivity index (χ0v) is 14.6. The summed E-state index contributed by atoms with van der Waals surface area (Å²) in [6.45, 7) is 0. The number of amides is 4. The number of carbonyl (C=O) groups excluding carboxylic acids is 4. The smallest absolute Gasteiger partial charge is 0.241 e. The molecular weight excluding hydrogens is 324 g/mol. The van der Waals surface area contributed by atoms with Crippen LogP contribution in [0.25, 0.3) is 0 Å². The molecule has 25 heavy (non-hydrogen) atoms. The van der Waals surface area contributed by atoms with Crippen molar-refractivity contribution in [3.05, 3.63) is 0 Å². The molecule has 8 heteroatoms. The molecule has 0 aromatic carbocycles. The average Bonchev–Trinajstić information content (AvgIpc) is 3.48.